The molecule has 6 heteroatoms. The zero-order valence-corrected chi connectivity index (χ0v) is 14.5. The first-order valence-electron chi connectivity index (χ1n) is 8.72. The van der Waals surface area contributed by atoms with Crippen molar-refractivity contribution in [2.45, 2.75) is 45.3 Å². The van der Waals surface area contributed by atoms with Crippen LogP contribution in [0, 0.1) is 11.3 Å². The Morgan fingerprint density at radius 2 is 2.16 bits per heavy atom. The van der Waals surface area contributed by atoms with E-state index in [1.165, 1.54) is 5.56 Å². The zero-order valence-electron chi connectivity index (χ0n) is 14.5. The fourth-order valence-corrected chi connectivity index (χ4v) is 3.09. The van der Waals surface area contributed by atoms with E-state index in [4.69, 9.17) is 5.26 Å². The lowest BCUT2D eigenvalue weighted by atomic mass is 10.1. The maximum Gasteiger partial charge on any atom is 0.317 e. The Morgan fingerprint density at radius 3 is 2.92 bits per heavy atom. The molecule has 1 aromatic carbocycles. The predicted octanol–water partition coefficient (Wildman–Crippen LogP) is 2.69. The Bertz CT molecular complexity index is 762. The van der Waals surface area contributed by atoms with E-state index in [0.717, 1.165) is 31.5 Å². The van der Waals surface area contributed by atoms with Gasteiger partial charge in [0, 0.05) is 19.1 Å². The molecule has 0 radical (unpaired) electrons. The van der Waals surface area contributed by atoms with Crippen LogP contribution in [0.5, 0.6) is 0 Å². The summed E-state index contributed by atoms with van der Waals surface area (Å²) >= 11 is 0. The minimum atomic E-state index is -0.0475. The van der Waals surface area contributed by atoms with Crippen LogP contribution in [-0.4, -0.2) is 33.3 Å². The number of amides is 2. The summed E-state index contributed by atoms with van der Waals surface area (Å²) < 4.78 is 1.84. The molecule has 0 fully saturated rings. The van der Waals surface area contributed by atoms with E-state index in [2.05, 4.69) is 28.6 Å². The normalized spacial score (nSPS) is 15.0. The molecular weight excluding hydrogens is 314 g/mol. The van der Waals surface area contributed by atoms with Gasteiger partial charge in [-0.3, -0.25) is 4.68 Å². The molecule has 0 aliphatic carbocycles. The van der Waals surface area contributed by atoms with E-state index in [-0.39, 0.29) is 12.1 Å². The molecule has 2 heterocycles. The van der Waals surface area contributed by atoms with Gasteiger partial charge >= 0.3 is 6.03 Å². The second-order valence-electron chi connectivity index (χ2n) is 6.51. The number of hydrogen-bond acceptors (Lipinski definition) is 3. The van der Waals surface area contributed by atoms with Crippen molar-refractivity contribution in [2.75, 3.05) is 6.54 Å². The van der Waals surface area contributed by atoms with E-state index in [1.54, 1.807) is 11.0 Å². The predicted molar refractivity (Wildman–Crippen MR) is 94.7 cm³/mol. The van der Waals surface area contributed by atoms with Crippen LogP contribution >= 0.6 is 0 Å². The highest BCUT2D eigenvalue weighted by atomic mass is 16.2. The van der Waals surface area contributed by atoms with Gasteiger partial charge in [0.15, 0.2) is 5.69 Å². The van der Waals surface area contributed by atoms with Gasteiger partial charge in [0.2, 0.25) is 0 Å². The number of nitrogens with one attached hydrogen (secondary N) is 1. The summed E-state index contributed by atoms with van der Waals surface area (Å²) in [4.78, 5) is 14.4. The monoisotopic (exact) mass is 337 g/mol. The second-order valence-corrected chi connectivity index (χ2v) is 6.51. The highest BCUT2D eigenvalue weighted by Gasteiger charge is 2.21. The largest absolute Gasteiger partial charge is 0.336 e. The fraction of sp³-hybridized carbons (Fsp3) is 0.421. The van der Waals surface area contributed by atoms with E-state index in [9.17, 15) is 4.79 Å². The van der Waals surface area contributed by atoms with Crippen molar-refractivity contribution in [3.63, 3.8) is 0 Å². The molecule has 6 nitrogen and oxygen atoms in total. The molecule has 1 N–H and O–H groups in total. The summed E-state index contributed by atoms with van der Waals surface area (Å²) in [7, 11) is 0. The fourth-order valence-electron chi connectivity index (χ4n) is 3.09. The maximum absolute atomic E-state index is 12.6. The van der Waals surface area contributed by atoms with Crippen molar-refractivity contribution in [1.29, 1.82) is 5.26 Å². The van der Waals surface area contributed by atoms with Crippen molar-refractivity contribution in [3.8, 4) is 6.07 Å². The number of rotatable bonds is 4. The quantitative estimate of drug-likeness (QED) is 0.932. The van der Waals surface area contributed by atoms with Gasteiger partial charge < -0.3 is 10.2 Å². The van der Waals surface area contributed by atoms with Crippen molar-refractivity contribution in [1.82, 2.24) is 20.0 Å². The molecule has 0 saturated heterocycles. The Labute approximate surface area is 148 Å². The van der Waals surface area contributed by atoms with Gasteiger partial charge in [0.05, 0.1) is 12.2 Å². The van der Waals surface area contributed by atoms with Gasteiger partial charge in [-0.2, -0.15) is 10.4 Å². The molecule has 2 aromatic rings. The first kappa shape index (κ1) is 17.0. The minimum Gasteiger partial charge on any atom is -0.336 e. The molecule has 130 valence electrons. The summed E-state index contributed by atoms with van der Waals surface area (Å²) in [6.45, 7) is 3.97. The van der Waals surface area contributed by atoms with Crippen molar-refractivity contribution >= 4 is 6.03 Å². The molecule has 25 heavy (non-hydrogen) atoms. The lowest BCUT2D eigenvalue weighted by molar-refractivity contribution is 0.192. The molecule has 0 saturated carbocycles. The lowest BCUT2D eigenvalue weighted by Crippen LogP contribution is -2.43. The number of benzene rings is 1. The Kier molecular flexibility index (Phi) is 5.34. The van der Waals surface area contributed by atoms with Crippen LogP contribution in [0.3, 0.4) is 0 Å². The summed E-state index contributed by atoms with van der Waals surface area (Å²) in [5, 5.41) is 16.3. The topological polar surface area (TPSA) is 74.0 Å². The molecule has 1 atom stereocenters. The average Bonchev–Trinajstić information content (AvgIpc) is 2.91. The standard InChI is InChI=1S/C19H23N5O/c1-15(8-9-16-6-3-2-4-7-16)21-19(25)23-10-5-11-24-18(14-23)12-17(13-20)22-24/h2-4,6-7,12,15H,5,8-11,14H2,1H3,(H,21,25)/t15-/m1/s1. The van der Waals surface area contributed by atoms with Crippen LogP contribution in [0.2, 0.25) is 0 Å². The number of aromatic nitrogens is 2. The number of aryl methyl sites for hydroxylation is 2. The lowest BCUT2D eigenvalue weighted by Gasteiger charge is -2.23. The second kappa shape index (κ2) is 7.84. The van der Waals surface area contributed by atoms with E-state index in [0.29, 0.717) is 18.8 Å². The molecule has 0 bridgehead atoms. The average molecular weight is 337 g/mol. The molecule has 0 unspecified atom stereocenters. The molecule has 2 amide bonds. The number of urea groups is 1. The van der Waals surface area contributed by atoms with Crippen LogP contribution in [0.4, 0.5) is 4.79 Å². The van der Waals surface area contributed by atoms with Crippen LogP contribution in [-0.2, 0) is 19.5 Å². The molecule has 3 rings (SSSR count). The van der Waals surface area contributed by atoms with Gasteiger partial charge in [-0.25, -0.2) is 4.79 Å². The van der Waals surface area contributed by atoms with E-state index >= 15 is 0 Å². The summed E-state index contributed by atoms with van der Waals surface area (Å²) in [6, 6.07) is 14.2. The van der Waals surface area contributed by atoms with Gasteiger partial charge in [-0.05, 0) is 37.8 Å². The van der Waals surface area contributed by atoms with Crippen molar-refractivity contribution in [2.24, 2.45) is 0 Å². The van der Waals surface area contributed by atoms with Crippen molar-refractivity contribution in [3.05, 3.63) is 53.3 Å². The molecular formula is C19H23N5O. The van der Waals surface area contributed by atoms with Crippen LogP contribution in [0.15, 0.2) is 36.4 Å². The number of hydrogen-bond donors (Lipinski definition) is 1. The summed E-state index contributed by atoms with van der Waals surface area (Å²) in [5.41, 5.74) is 2.61. The zero-order chi connectivity index (χ0) is 17.6. The van der Waals surface area contributed by atoms with Gasteiger partial charge in [0.25, 0.3) is 0 Å². The number of carbonyl (C=O) groups excluding carboxylic acids is 1. The number of nitriles is 1. The molecule has 1 aliphatic rings. The molecule has 1 aliphatic heterocycles. The number of fused-ring (bicyclic) bond motifs is 1. The highest BCUT2D eigenvalue weighted by molar-refractivity contribution is 5.74. The molecule has 1 aromatic heterocycles. The first-order valence-corrected chi connectivity index (χ1v) is 8.72. The van der Waals surface area contributed by atoms with Crippen molar-refractivity contribution < 1.29 is 4.79 Å². The van der Waals surface area contributed by atoms with E-state index < -0.39 is 0 Å². The third-order valence-corrected chi connectivity index (χ3v) is 4.49. The number of nitrogens with zero attached hydrogens (tertiary/aromatic N) is 4. The number of carbonyl (C=O) groups is 1. The highest BCUT2D eigenvalue weighted by Crippen LogP contribution is 2.14. The van der Waals surface area contributed by atoms with Crippen LogP contribution < -0.4 is 5.32 Å². The third kappa shape index (κ3) is 4.38. The van der Waals surface area contributed by atoms with Crippen LogP contribution in [0.25, 0.3) is 0 Å². The van der Waals surface area contributed by atoms with Gasteiger partial charge in [0.1, 0.15) is 6.07 Å². The summed E-state index contributed by atoms with van der Waals surface area (Å²) in [6.07, 6.45) is 2.69. The Morgan fingerprint density at radius 1 is 1.36 bits per heavy atom. The smallest absolute Gasteiger partial charge is 0.317 e. The minimum absolute atomic E-state index is 0.0475. The van der Waals surface area contributed by atoms with Gasteiger partial charge in [-0.15, -0.1) is 0 Å². The first-order chi connectivity index (χ1) is 12.2. The van der Waals surface area contributed by atoms with Gasteiger partial charge in [-0.1, -0.05) is 30.3 Å². The maximum atomic E-state index is 12.6. The summed E-state index contributed by atoms with van der Waals surface area (Å²) in [5.74, 6) is 0. The van der Waals surface area contributed by atoms with E-state index in [1.807, 2.05) is 29.8 Å². The van der Waals surface area contributed by atoms with Crippen LogP contribution in [0.1, 0.15) is 36.7 Å². The Balaban J connectivity index is 1.54. The molecule has 0 spiro atoms. The third-order valence-electron chi connectivity index (χ3n) is 4.49. The SMILES string of the molecule is C[C@H](CCc1ccccc1)NC(=O)N1CCCn2nc(C#N)cc2C1. The Hall–Kier alpha value is -2.81.